The van der Waals surface area contributed by atoms with Gasteiger partial charge in [0, 0.05) is 19.6 Å². The van der Waals surface area contributed by atoms with E-state index in [0.29, 0.717) is 41.8 Å². The van der Waals surface area contributed by atoms with Crippen LogP contribution in [0.15, 0.2) is 64.6 Å². The Labute approximate surface area is 240 Å². The molecule has 0 atom stereocenters. The average Bonchev–Trinajstić information content (AvgIpc) is 3.56. The maximum atomic E-state index is 14.3. The van der Waals surface area contributed by atoms with Crippen LogP contribution in [0.5, 0.6) is 0 Å². The van der Waals surface area contributed by atoms with Crippen molar-refractivity contribution in [2.24, 2.45) is 0 Å². The largest absolute Gasteiger partial charge is 0.345 e. The molecule has 4 aromatic rings. The summed E-state index contributed by atoms with van der Waals surface area (Å²) in [7, 11) is -8.63. The number of hydrogen-bond donors (Lipinski definition) is 0. The van der Waals surface area contributed by atoms with Gasteiger partial charge in [0.2, 0.25) is 20.8 Å². The van der Waals surface area contributed by atoms with Gasteiger partial charge in [0.05, 0.1) is 43.6 Å². The summed E-state index contributed by atoms with van der Waals surface area (Å²) in [6.07, 6.45) is 3.87. The van der Waals surface area contributed by atoms with Gasteiger partial charge in [-0.1, -0.05) is 17.7 Å². The summed E-state index contributed by atoms with van der Waals surface area (Å²) < 4.78 is 81.1. The molecule has 1 aliphatic carbocycles. The fraction of sp³-hybridized carbons (Fsp3) is 0.346. The molecule has 15 heteroatoms. The number of hydrogen-bond acceptors (Lipinski definition) is 9. The SMILES string of the molecule is CC(C)(F)S(=O)(=O)c1ccc(S(=O)(=O)n2nc(N3CCN(c4ncc(F)cn4)CC34CC4)c3c(Cl)cccc32)cc1. The van der Waals surface area contributed by atoms with Gasteiger partial charge in [-0.3, -0.25) is 0 Å². The lowest BCUT2D eigenvalue weighted by Gasteiger charge is -2.42. The molecule has 2 aromatic heterocycles. The lowest BCUT2D eigenvalue weighted by atomic mass is 10.1. The van der Waals surface area contributed by atoms with E-state index in [-0.39, 0.29) is 20.8 Å². The third-order valence-corrected chi connectivity index (χ3v) is 11.6. The van der Waals surface area contributed by atoms with Crippen molar-refractivity contribution < 1.29 is 25.6 Å². The van der Waals surface area contributed by atoms with Crippen LogP contribution in [0.2, 0.25) is 5.02 Å². The van der Waals surface area contributed by atoms with Crippen LogP contribution in [0.4, 0.5) is 20.5 Å². The summed E-state index contributed by atoms with van der Waals surface area (Å²) in [5.74, 6) is 0.295. The summed E-state index contributed by atoms with van der Waals surface area (Å²) in [6.45, 7) is 3.33. The Balaban J connectivity index is 1.39. The highest BCUT2D eigenvalue weighted by Gasteiger charge is 2.53. The van der Waals surface area contributed by atoms with Crippen LogP contribution in [-0.2, 0) is 19.9 Å². The molecule has 2 aromatic carbocycles. The Morgan fingerprint density at radius 3 is 2.20 bits per heavy atom. The van der Waals surface area contributed by atoms with Crippen molar-refractivity contribution in [3.8, 4) is 0 Å². The zero-order chi connectivity index (χ0) is 29.4. The third-order valence-electron chi connectivity index (χ3n) is 7.53. The minimum Gasteiger partial charge on any atom is -0.345 e. The smallest absolute Gasteiger partial charge is 0.283 e. The highest BCUT2D eigenvalue weighted by molar-refractivity contribution is 7.92. The highest BCUT2D eigenvalue weighted by atomic mass is 35.5. The maximum absolute atomic E-state index is 14.3. The molecule has 10 nitrogen and oxygen atoms in total. The zero-order valence-electron chi connectivity index (χ0n) is 22.0. The third kappa shape index (κ3) is 4.52. The highest BCUT2D eigenvalue weighted by Crippen LogP contribution is 2.49. The summed E-state index contributed by atoms with van der Waals surface area (Å²) in [4.78, 5) is 11.7. The van der Waals surface area contributed by atoms with E-state index < -0.39 is 30.7 Å². The van der Waals surface area contributed by atoms with Crippen LogP contribution in [0.1, 0.15) is 26.7 Å². The second-order valence-electron chi connectivity index (χ2n) is 10.6. The van der Waals surface area contributed by atoms with E-state index in [0.717, 1.165) is 67.4 Å². The summed E-state index contributed by atoms with van der Waals surface area (Å²) in [6, 6.07) is 9.26. The standard InChI is InChI=1S/C26H25ClF2N6O4S2/c1-25(2,29)40(36,37)18-6-8-19(9-7-18)41(38,39)35-21-5-3-4-20(27)22(21)23(32-35)34-13-12-33(16-26(34)10-11-26)24-30-14-17(28)15-31-24/h3-9,14-15H,10-13,16H2,1-2H3. The Bertz CT molecular complexity index is 1870. The van der Waals surface area contributed by atoms with Crippen molar-refractivity contribution in [3.05, 3.63) is 65.7 Å². The summed E-state index contributed by atoms with van der Waals surface area (Å²) in [5, 5.41) is 2.82. The molecule has 0 amide bonds. The van der Waals surface area contributed by atoms with Gasteiger partial charge in [-0.2, -0.15) is 12.5 Å². The van der Waals surface area contributed by atoms with Gasteiger partial charge < -0.3 is 9.80 Å². The molecule has 2 aliphatic rings. The summed E-state index contributed by atoms with van der Waals surface area (Å²) in [5.41, 5.74) is -0.102. The molecule has 216 valence electrons. The molecule has 2 fully saturated rings. The van der Waals surface area contributed by atoms with E-state index in [1.54, 1.807) is 18.2 Å². The number of aromatic nitrogens is 4. The molecule has 1 aliphatic heterocycles. The van der Waals surface area contributed by atoms with E-state index in [2.05, 4.69) is 20.0 Å². The molecular formula is C26H25ClF2N6O4S2. The molecule has 1 saturated heterocycles. The van der Waals surface area contributed by atoms with Gasteiger partial charge in [-0.05, 0) is 63.1 Å². The van der Waals surface area contributed by atoms with Gasteiger partial charge in [0.25, 0.3) is 10.0 Å². The molecule has 6 rings (SSSR count). The van der Waals surface area contributed by atoms with E-state index in [9.17, 15) is 25.6 Å². The first-order valence-corrected chi connectivity index (χ1v) is 16.0. The number of halogens is 3. The Morgan fingerprint density at radius 2 is 1.59 bits per heavy atom. The molecule has 0 radical (unpaired) electrons. The molecular weight excluding hydrogens is 598 g/mol. The van der Waals surface area contributed by atoms with E-state index >= 15 is 0 Å². The van der Waals surface area contributed by atoms with Gasteiger partial charge in [0.1, 0.15) is 0 Å². The molecule has 0 bridgehead atoms. The average molecular weight is 623 g/mol. The predicted octanol–water partition coefficient (Wildman–Crippen LogP) is 4.19. The number of anilines is 2. The van der Waals surface area contributed by atoms with Gasteiger partial charge in [0.15, 0.2) is 11.6 Å². The first-order valence-electron chi connectivity index (χ1n) is 12.7. The van der Waals surface area contributed by atoms with Crippen LogP contribution < -0.4 is 9.80 Å². The number of sulfone groups is 1. The number of nitrogens with zero attached hydrogens (tertiary/aromatic N) is 6. The van der Waals surface area contributed by atoms with Crippen LogP contribution in [-0.4, -0.2) is 66.2 Å². The Kier molecular flexibility index (Phi) is 6.32. The van der Waals surface area contributed by atoms with Crippen LogP contribution >= 0.6 is 11.6 Å². The van der Waals surface area contributed by atoms with Gasteiger partial charge in [-0.25, -0.2) is 27.2 Å². The van der Waals surface area contributed by atoms with Crippen LogP contribution in [0, 0.1) is 5.82 Å². The van der Waals surface area contributed by atoms with E-state index in [1.165, 1.54) is 0 Å². The molecule has 3 heterocycles. The first-order chi connectivity index (χ1) is 19.2. The van der Waals surface area contributed by atoms with E-state index in [1.807, 2.05) is 4.90 Å². The fourth-order valence-electron chi connectivity index (χ4n) is 5.15. The monoisotopic (exact) mass is 622 g/mol. The van der Waals surface area contributed by atoms with Crippen molar-refractivity contribution in [1.82, 2.24) is 19.2 Å². The first kappa shape index (κ1) is 27.8. The normalized spacial score (nSPS) is 17.4. The fourth-order valence-corrected chi connectivity index (χ4v) is 7.73. The molecule has 1 spiro atoms. The van der Waals surface area contributed by atoms with Crippen molar-refractivity contribution in [3.63, 3.8) is 0 Å². The van der Waals surface area contributed by atoms with Crippen molar-refractivity contribution in [2.45, 2.75) is 47.0 Å². The second-order valence-corrected chi connectivity index (χ2v) is 15.3. The molecule has 0 unspecified atom stereocenters. The number of benzene rings is 2. The second kappa shape index (κ2) is 9.33. The van der Waals surface area contributed by atoms with Crippen molar-refractivity contribution in [1.29, 1.82) is 0 Å². The Hall–Kier alpha value is -3.36. The minimum atomic E-state index is -4.33. The quantitative estimate of drug-likeness (QED) is 0.312. The lowest BCUT2D eigenvalue weighted by molar-refractivity contribution is 0.319. The number of piperazine rings is 1. The predicted molar refractivity (Wildman–Crippen MR) is 150 cm³/mol. The van der Waals surface area contributed by atoms with Gasteiger partial charge in [-0.15, -0.1) is 5.10 Å². The zero-order valence-corrected chi connectivity index (χ0v) is 24.4. The molecule has 1 saturated carbocycles. The maximum Gasteiger partial charge on any atom is 0.283 e. The van der Waals surface area contributed by atoms with Crippen molar-refractivity contribution >= 4 is 54.1 Å². The molecule has 41 heavy (non-hydrogen) atoms. The topological polar surface area (TPSA) is 118 Å². The number of fused-ring (bicyclic) bond motifs is 1. The van der Waals surface area contributed by atoms with Crippen LogP contribution in [0.3, 0.4) is 0 Å². The minimum absolute atomic E-state index is 0.219. The molecule has 0 N–H and O–H groups in total. The van der Waals surface area contributed by atoms with Crippen molar-refractivity contribution in [2.75, 3.05) is 29.4 Å². The number of rotatable bonds is 6. The van der Waals surface area contributed by atoms with Crippen LogP contribution in [0.25, 0.3) is 10.9 Å². The van der Waals surface area contributed by atoms with E-state index in [4.69, 9.17) is 11.6 Å². The Morgan fingerprint density at radius 1 is 0.951 bits per heavy atom. The summed E-state index contributed by atoms with van der Waals surface area (Å²) >= 11 is 6.61. The van der Waals surface area contributed by atoms with Gasteiger partial charge >= 0.3 is 0 Å². The number of alkyl halides is 1. The lowest BCUT2D eigenvalue weighted by Crippen LogP contribution is -2.56.